The molecule has 4 aliphatic carbocycles. The molecule has 284 valence electrons. The highest BCUT2D eigenvalue weighted by molar-refractivity contribution is 5.75. The average molecular weight is 694 g/mol. The molecular formula is C43H75N5O2. The molecule has 0 amide bonds. The van der Waals surface area contributed by atoms with Crippen molar-refractivity contribution in [2.45, 2.75) is 124 Å². The van der Waals surface area contributed by atoms with Gasteiger partial charge in [-0.05, 0) is 152 Å². The molecule has 7 heteroatoms. The van der Waals surface area contributed by atoms with Crippen LogP contribution in [0.4, 0.5) is 11.4 Å². The summed E-state index contributed by atoms with van der Waals surface area (Å²) in [6.07, 6.45) is 19.6. The molecule has 8 atom stereocenters. The van der Waals surface area contributed by atoms with E-state index in [1.165, 1.54) is 64.2 Å². The summed E-state index contributed by atoms with van der Waals surface area (Å²) in [7, 11) is 8.31. The van der Waals surface area contributed by atoms with E-state index in [0.717, 1.165) is 87.5 Å². The summed E-state index contributed by atoms with van der Waals surface area (Å²) in [4.78, 5) is 32.0. The summed E-state index contributed by atoms with van der Waals surface area (Å²) in [5.41, 5.74) is 3.11. The first-order chi connectivity index (χ1) is 23.8. The summed E-state index contributed by atoms with van der Waals surface area (Å²) >= 11 is 0. The molecule has 3 fully saturated rings. The van der Waals surface area contributed by atoms with Crippen LogP contribution in [0.25, 0.3) is 0 Å². The number of hydrogen-bond donors (Lipinski definition) is 2. The van der Waals surface area contributed by atoms with Gasteiger partial charge in [0.25, 0.3) is 10.9 Å². The van der Waals surface area contributed by atoms with Crippen LogP contribution in [0.15, 0.2) is 21.2 Å². The lowest BCUT2D eigenvalue weighted by molar-refractivity contribution is -0.0514. The van der Waals surface area contributed by atoms with E-state index in [2.05, 4.69) is 94.2 Å². The number of rotatable bonds is 19. The van der Waals surface area contributed by atoms with E-state index >= 15 is 0 Å². The van der Waals surface area contributed by atoms with Gasteiger partial charge in [-0.15, -0.1) is 0 Å². The smallest absolute Gasteiger partial charge is 0.253 e. The normalized spacial score (nSPS) is 31.5. The van der Waals surface area contributed by atoms with Crippen LogP contribution in [0.1, 0.15) is 118 Å². The van der Waals surface area contributed by atoms with Crippen molar-refractivity contribution in [1.29, 1.82) is 0 Å². The third-order valence-electron chi connectivity index (χ3n) is 14.4. The zero-order valence-electron chi connectivity index (χ0n) is 33.7. The Morgan fingerprint density at radius 2 is 1.50 bits per heavy atom. The van der Waals surface area contributed by atoms with Gasteiger partial charge in [0.2, 0.25) is 0 Å². The van der Waals surface area contributed by atoms with E-state index in [1.807, 2.05) is 0 Å². The Kier molecular flexibility index (Phi) is 13.4. The monoisotopic (exact) mass is 694 g/mol. The largest absolute Gasteiger partial charge is 0.379 e. The molecule has 0 aliphatic heterocycles. The topological polar surface area (TPSA) is 67.9 Å². The Hall–Kier alpha value is -1.70. The zero-order valence-corrected chi connectivity index (χ0v) is 33.7. The molecule has 0 heterocycles. The molecule has 0 bridgehead atoms. The molecule has 1 aromatic carbocycles. The molecule has 5 rings (SSSR count). The fourth-order valence-electron chi connectivity index (χ4n) is 11.7. The number of fused-ring (bicyclic) bond motifs is 5. The predicted octanol–water partition coefficient (Wildman–Crippen LogP) is 7.40. The van der Waals surface area contributed by atoms with Crippen molar-refractivity contribution < 1.29 is 0 Å². The first kappa shape index (κ1) is 39.5. The highest BCUT2D eigenvalue weighted by Gasteiger charge is 2.59. The van der Waals surface area contributed by atoms with Crippen molar-refractivity contribution in [3.8, 4) is 0 Å². The molecular weight excluding hydrogens is 619 g/mol. The maximum absolute atomic E-state index is 12.8. The minimum Gasteiger partial charge on any atom is -0.379 e. The van der Waals surface area contributed by atoms with Gasteiger partial charge in [0.1, 0.15) is 11.4 Å². The quantitative estimate of drug-likeness (QED) is 0.0890. The third kappa shape index (κ3) is 8.57. The molecule has 2 N–H and O–H groups in total. The van der Waals surface area contributed by atoms with E-state index in [9.17, 15) is 9.59 Å². The molecule has 0 radical (unpaired) electrons. The Balaban J connectivity index is 1.13. The predicted molar refractivity (Wildman–Crippen MR) is 213 cm³/mol. The number of anilines is 2. The van der Waals surface area contributed by atoms with E-state index in [4.69, 9.17) is 0 Å². The number of nitrogens with one attached hydrogen (secondary N) is 2. The summed E-state index contributed by atoms with van der Waals surface area (Å²) in [6, 6.07) is 0.491. The molecule has 3 saturated carbocycles. The molecule has 7 nitrogen and oxygen atoms in total. The SMILES string of the molecule is CC(C)CCC[C@@H](C)C1CCC2C3CC=C4CC(NCCNc5c(N(CCCN(C)C)CCCN(C)C)c(=O)c5=O)CCC4(C)C3CCC21C. The minimum atomic E-state index is -0.349. The fraction of sp³-hybridized carbons (Fsp3) is 0.860. The molecule has 50 heavy (non-hydrogen) atoms. The van der Waals surface area contributed by atoms with Gasteiger partial charge in [0, 0.05) is 32.2 Å². The van der Waals surface area contributed by atoms with Crippen molar-refractivity contribution in [3.05, 3.63) is 32.1 Å². The van der Waals surface area contributed by atoms with Gasteiger partial charge >= 0.3 is 0 Å². The molecule has 4 aliphatic rings. The number of hydrogen-bond acceptors (Lipinski definition) is 7. The standard InChI is InChI=1S/C43H75N5O2/c1-30(2)13-10-14-31(3)35-17-18-36-34-16-15-32-29-33(19-21-42(32,4)37(34)20-22-43(35,36)5)44-23-24-45-38-39(41(50)40(38)49)48(27-11-25-46(6)7)28-12-26-47(8)9/h15,30-31,33-37,44-45H,10-14,16-29H2,1-9H3/t31-,33?,34?,35?,36?,37?,42?,43?/m1/s1. The number of allylic oxidation sites excluding steroid dienone is 1. The summed E-state index contributed by atoms with van der Waals surface area (Å²) in [5.74, 6) is 5.25. The lowest BCUT2D eigenvalue weighted by atomic mass is 9.47. The Bertz CT molecular complexity index is 1330. The molecule has 7 unspecified atom stereocenters. The zero-order chi connectivity index (χ0) is 36.2. The Morgan fingerprint density at radius 1 is 0.800 bits per heavy atom. The van der Waals surface area contributed by atoms with Crippen molar-refractivity contribution in [2.75, 3.05) is 77.7 Å². The molecule has 0 saturated heterocycles. The van der Waals surface area contributed by atoms with Crippen molar-refractivity contribution in [1.82, 2.24) is 15.1 Å². The highest BCUT2D eigenvalue weighted by atomic mass is 16.2. The van der Waals surface area contributed by atoms with E-state index in [0.29, 0.717) is 34.8 Å². The molecule has 0 spiro atoms. The van der Waals surface area contributed by atoms with Gasteiger partial charge in [0.15, 0.2) is 0 Å². The first-order valence-electron chi connectivity index (χ1n) is 20.8. The summed E-state index contributed by atoms with van der Waals surface area (Å²) in [5, 5.41) is 7.24. The lowest BCUT2D eigenvalue weighted by Crippen LogP contribution is -2.52. The fourth-order valence-corrected chi connectivity index (χ4v) is 11.7. The minimum absolute atomic E-state index is 0.323. The van der Waals surface area contributed by atoms with E-state index < -0.39 is 0 Å². The van der Waals surface area contributed by atoms with Gasteiger partial charge in [0.05, 0.1) is 0 Å². The van der Waals surface area contributed by atoms with Crippen LogP contribution in [0.5, 0.6) is 0 Å². The lowest BCUT2D eigenvalue weighted by Gasteiger charge is -2.58. The van der Waals surface area contributed by atoms with Crippen LogP contribution in [-0.2, 0) is 0 Å². The van der Waals surface area contributed by atoms with E-state index in [-0.39, 0.29) is 10.9 Å². The van der Waals surface area contributed by atoms with Crippen LogP contribution in [0.2, 0.25) is 0 Å². The van der Waals surface area contributed by atoms with Gasteiger partial charge in [-0.1, -0.05) is 65.5 Å². The maximum atomic E-state index is 12.8. The second kappa shape index (κ2) is 17.0. The Morgan fingerprint density at radius 3 is 2.16 bits per heavy atom. The van der Waals surface area contributed by atoms with Crippen molar-refractivity contribution in [3.63, 3.8) is 0 Å². The van der Waals surface area contributed by atoms with Crippen LogP contribution in [0, 0.1) is 46.3 Å². The second-order valence-corrected chi connectivity index (χ2v) is 18.8. The first-order valence-corrected chi connectivity index (χ1v) is 20.8. The highest BCUT2D eigenvalue weighted by Crippen LogP contribution is 2.67. The molecule has 0 aromatic heterocycles. The van der Waals surface area contributed by atoms with Gasteiger partial charge in [-0.25, -0.2) is 0 Å². The maximum Gasteiger partial charge on any atom is 0.253 e. The summed E-state index contributed by atoms with van der Waals surface area (Å²) in [6.45, 7) is 17.6. The third-order valence-corrected chi connectivity index (χ3v) is 14.4. The van der Waals surface area contributed by atoms with Gasteiger partial charge in [-0.3, -0.25) is 9.59 Å². The van der Waals surface area contributed by atoms with Crippen LogP contribution < -0.4 is 26.4 Å². The van der Waals surface area contributed by atoms with Gasteiger partial charge in [-0.2, -0.15) is 0 Å². The average Bonchev–Trinajstić information content (AvgIpc) is 3.42. The van der Waals surface area contributed by atoms with Crippen molar-refractivity contribution in [2.24, 2.45) is 46.3 Å². The van der Waals surface area contributed by atoms with Crippen LogP contribution in [0.3, 0.4) is 0 Å². The van der Waals surface area contributed by atoms with Crippen LogP contribution in [-0.4, -0.2) is 83.3 Å². The van der Waals surface area contributed by atoms with Gasteiger partial charge < -0.3 is 25.3 Å². The van der Waals surface area contributed by atoms with Crippen molar-refractivity contribution >= 4 is 11.4 Å². The number of nitrogens with zero attached hydrogens (tertiary/aromatic N) is 3. The van der Waals surface area contributed by atoms with E-state index in [1.54, 1.807) is 5.57 Å². The Labute approximate surface area is 306 Å². The molecule has 1 aromatic rings. The second-order valence-electron chi connectivity index (χ2n) is 18.8. The van der Waals surface area contributed by atoms with Crippen LogP contribution >= 0.6 is 0 Å². The summed E-state index contributed by atoms with van der Waals surface area (Å²) < 4.78 is 0.